The first-order valence-corrected chi connectivity index (χ1v) is 9.04. The first-order chi connectivity index (χ1) is 12.6. The molecule has 4 rings (SSSR count). The maximum atomic E-state index is 12.6. The molecule has 0 radical (unpaired) electrons. The number of ether oxygens (including phenoxy) is 2. The van der Waals surface area contributed by atoms with Gasteiger partial charge in [-0.25, -0.2) is 0 Å². The molecule has 5 nitrogen and oxygen atoms in total. The van der Waals surface area contributed by atoms with Gasteiger partial charge < -0.3 is 14.0 Å². The van der Waals surface area contributed by atoms with Crippen LogP contribution in [0.4, 0.5) is 0 Å². The topological polar surface area (TPSA) is 52.8 Å². The molecule has 0 saturated heterocycles. The third kappa shape index (κ3) is 2.95. The number of hydrogen-bond acceptors (Lipinski definition) is 4. The van der Waals surface area contributed by atoms with Crippen LogP contribution in [0, 0.1) is 12.3 Å². The number of carbonyl (C=O) groups excluding carboxylic acids is 1. The van der Waals surface area contributed by atoms with Gasteiger partial charge in [0.05, 0.1) is 27.3 Å². The van der Waals surface area contributed by atoms with Crippen LogP contribution in [0.25, 0.3) is 10.2 Å². The number of carbonyl (C=O) groups is 1. The Morgan fingerprint density at radius 2 is 2.04 bits per heavy atom. The quantitative estimate of drug-likeness (QED) is 0.603. The average Bonchev–Trinajstić information content (AvgIpc) is 3.17. The molecule has 0 saturated carbocycles. The molecule has 0 aliphatic carbocycles. The Balaban J connectivity index is 1.87. The van der Waals surface area contributed by atoms with Crippen LogP contribution < -0.4 is 14.3 Å². The number of thiazole rings is 1. The molecule has 1 aromatic heterocycles. The first kappa shape index (κ1) is 17.0. The fraction of sp³-hybridized carbons (Fsp3) is 0.111. The maximum Gasteiger partial charge on any atom is 0.281 e. The third-order valence-corrected chi connectivity index (χ3v) is 5.37. The van der Waals surface area contributed by atoms with Crippen molar-refractivity contribution < 1.29 is 14.3 Å². The number of rotatable bonds is 2. The summed E-state index contributed by atoms with van der Waals surface area (Å²) in [6.07, 6.45) is 5.49. The average molecular weight is 405 g/mol. The lowest BCUT2D eigenvalue weighted by molar-refractivity contribution is 0.0998. The Morgan fingerprint density at radius 3 is 2.77 bits per heavy atom. The summed E-state index contributed by atoms with van der Waals surface area (Å²) >= 11 is 13.3. The van der Waals surface area contributed by atoms with E-state index in [0.29, 0.717) is 21.3 Å². The number of hydrogen-bond donors (Lipinski definition) is 0. The predicted molar refractivity (Wildman–Crippen MR) is 101 cm³/mol. The summed E-state index contributed by atoms with van der Waals surface area (Å²) in [6.45, 7) is 0.451. The lowest BCUT2D eigenvalue weighted by Gasteiger charge is -2.02. The Kier molecular flexibility index (Phi) is 4.37. The smallest absolute Gasteiger partial charge is 0.281 e. The van der Waals surface area contributed by atoms with Crippen LogP contribution in [0.15, 0.2) is 35.3 Å². The predicted octanol–water partition coefficient (Wildman–Crippen LogP) is 4.11. The summed E-state index contributed by atoms with van der Waals surface area (Å²) in [5.74, 6) is 3.41. The minimum Gasteiger partial charge on any atom is -0.454 e. The van der Waals surface area contributed by atoms with Crippen molar-refractivity contribution in [1.29, 1.82) is 0 Å². The van der Waals surface area contributed by atoms with Gasteiger partial charge in [0.1, 0.15) is 0 Å². The number of fused-ring (bicyclic) bond motifs is 2. The van der Waals surface area contributed by atoms with Crippen LogP contribution in [-0.2, 0) is 6.54 Å². The Hall–Kier alpha value is -2.46. The van der Waals surface area contributed by atoms with Gasteiger partial charge in [-0.05, 0) is 18.2 Å². The summed E-state index contributed by atoms with van der Waals surface area (Å²) < 4.78 is 13.5. The molecule has 0 atom stereocenters. The molecule has 8 heteroatoms. The lowest BCUT2D eigenvalue weighted by Crippen LogP contribution is -2.16. The number of nitrogens with zero attached hydrogens (tertiary/aromatic N) is 2. The molecule has 0 unspecified atom stereocenters. The van der Waals surface area contributed by atoms with E-state index in [0.717, 1.165) is 10.2 Å². The number of terminal acetylenes is 1. The second-order valence-corrected chi connectivity index (χ2v) is 7.24. The van der Waals surface area contributed by atoms with E-state index in [2.05, 4.69) is 10.9 Å². The molecule has 0 N–H and O–H groups in total. The second-order valence-electron chi connectivity index (χ2n) is 5.39. The largest absolute Gasteiger partial charge is 0.454 e. The summed E-state index contributed by atoms with van der Waals surface area (Å²) in [4.78, 5) is 17.3. The van der Waals surface area contributed by atoms with Crippen LogP contribution in [-0.4, -0.2) is 17.3 Å². The van der Waals surface area contributed by atoms with E-state index in [4.69, 9.17) is 39.1 Å². The zero-order valence-electron chi connectivity index (χ0n) is 13.2. The van der Waals surface area contributed by atoms with E-state index in [1.54, 1.807) is 16.7 Å². The van der Waals surface area contributed by atoms with Crippen LogP contribution in [0.2, 0.25) is 10.0 Å². The maximum absolute atomic E-state index is 12.6. The highest BCUT2D eigenvalue weighted by Crippen LogP contribution is 2.37. The Labute approximate surface area is 162 Å². The van der Waals surface area contributed by atoms with E-state index >= 15 is 0 Å². The number of halogens is 2. The van der Waals surface area contributed by atoms with Crippen molar-refractivity contribution in [3.05, 3.63) is 50.7 Å². The summed E-state index contributed by atoms with van der Waals surface area (Å²) in [6, 6.07) is 8.34. The van der Waals surface area contributed by atoms with Crippen molar-refractivity contribution in [3.63, 3.8) is 0 Å². The molecule has 1 aliphatic heterocycles. The SMILES string of the molecule is C#CCn1c(=NC(=O)c2ccc(Cl)cc2Cl)sc2cc3c(cc21)OCO3. The van der Waals surface area contributed by atoms with E-state index in [9.17, 15) is 4.79 Å². The molecule has 1 amide bonds. The van der Waals surface area contributed by atoms with Gasteiger partial charge in [-0.1, -0.05) is 40.5 Å². The van der Waals surface area contributed by atoms with Gasteiger partial charge >= 0.3 is 0 Å². The normalized spacial score (nSPS) is 13.2. The molecule has 3 aromatic rings. The van der Waals surface area contributed by atoms with Gasteiger partial charge in [0.15, 0.2) is 16.3 Å². The van der Waals surface area contributed by atoms with Gasteiger partial charge in [0, 0.05) is 17.2 Å². The molecule has 0 fully saturated rings. The van der Waals surface area contributed by atoms with Crippen molar-refractivity contribution in [2.75, 3.05) is 6.79 Å². The second kappa shape index (κ2) is 6.69. The van der Waals surface area contributed by atoms with Crippen LogP contribution >= 0.6 is 34.5 Å². The van der Waals surface area contributed by atoms with E-state index in [-0.39, 0.29) is 23.9 Å². The molecule has 0 spiro atoms. The number of aromatic nitrogens is 1. The van der Waals surface area contributed by atoms with Crippen LogP contribution in [0.5, 0.6) is 11.5 Å². The molecule has 130 valence electrons. The van der Waals surface area contributed by atoms with Crippen molar-refractivity contribution in [1.82, 2.24) is 4.57 Å². The van der Waals surface area contributed by atoms with E-state index in [1.807, 2.05) is 12.1 Å². The highest BCUT2D eigenvalue weighted by molar-refractivity contribution is 7.16. The highest BCUT2D eigenvalue weighted by atomic mass is 35.5. The molecule has 2 aromatic carbocycles. The van der Waals surface area contributed by atoms with Crippen molar-refractivity contribution >= 4 is 50.7 Å². The molecule has 0 bridgehead atoms. The minimum absolute atomic E-state index is 0.187. The molecular formula is C18H10Cl2N2O3S. The van der Waals surface area contributed by atoms with E-state index < -0.39 is 5.91 Å². The standard InChI is InChI=1S/C18H10Cl2N2O3S/c1-2-5-22-13-7-14-15(25-9-24-14)8-16(13)26-18(22)21-17(23)11-4-3-10(19)6-12(11)20/h1,3-4,6-8H,5,9H2. The van der Waals surface area contributed by atoms with Crippen molar-refractivity contribution in [2.24, 2.45) is 4.99 Å². The van der Waals surface area contributed by atoms with Crippen molar-refractivity contribution in [2.45, 2.75) is 6.54 Å². The number of benzene rings is 2. The first-order valence-electron chi connectivity index (χ1n) is 7.47. The molecule has 2 heterocycles. The van der Waals surface area contributed by atoms with E-state index in [1.165, 1.54) is 17.4 Å². The van der Waals surface area contributed by atoms with Gasteiger partial charge in [0.2, 0.25) is 6.79 Å². The molecule has 1 aliphatic rings. The monoisotopic (exact) mass is 404 g/mol. The van der Waals surface area contributed by atoms with Gasteiger partial charge in [-0.3, -0.25) is 4.79 Å². The van der Waals surface area contributed by atoms with Gasteiger partial charge in [-0.2, -0.15) is 4.99 Å². The van der Waals surface area contributed by atoms with Gasteiger partial charge in [-0.15, -0.1) is 6.42 Å². The Bertz CT molecular complexity index is 1160. The fourth-order valence-electron chi connectivity index (χ4n) is 2.60. The summed E-state index contributed by atoms with van der Waals surface area (Å²) in [7, 11) is 0. The lowest BCUT2D eigenvalue weighted by atomic mass is 10.2. The minimum atomic E-state index is -0.468. The zero-order valence-corrected chi connectivity index (χ0v) is 15.5. The zero-order chi connectivity index (χ0) is 18.3. The highest BCUT2D eigenvalue weighted by Gasteiger charge is 2.18. The number of amides is 1. The van der Waals surface area contributed by atoms with Crippen LogP contribution in [0.1, 0.15) is 10.4 Å². The van der Waals surface area contributed by atoms with Gasteiger partial charge in [0.25, 0.3) is 5.91 Å². The Morgan fingerprint density at radius 1 is 1.27 bits per heavy atom. The van der Waals surface area contributed by atoms with Crippen LogP contribution in [0.3, 0.4) is 0 Å². The summed E-state index contributed by atoms with van der Waals surface area (Å²) in [5, 5.41) is 0.696. The third-order valence-electron chi connectivity index (χ3n) is 3.79. The molecular weight excluding hydrogens is 395 g/mol. The molecule has 26 heavy (non-hydrogen) atoms. The van der Waals surface area contributed by atoms with Crippen molar-refractivity contribution in [3.8, 4) is 23.8 Å². The summed E-state index contributed by atoms with van der Waals surface area (Å²) in [5.41, 5.74) is 1.10. The fourth-order valence-corrected chi connectivity index (χ4v) is 4.13.